The number of rotatable bonds is 2. The third-order valence-corrected chi connectivity index (χ3v) is 5.27. The Kier molecular flexibility index (Phi) is 3.25. The van der Waals surface area contributed by atoms with Crippen molar-refractivity contribution in [2.45, 2.75) is 30.1 Å². The zero-order valence-corrected chi connectivity index (χ0v) is 10.5. The number of fused-ring (bicyclic) bond motifs is 1. The highest BCUT2D eigenvalue weighted by Gasteiger charge is 2.28. The third-order valence-electron chi connectivity index (χ3n) is 3.01. The molecule has 3 nitrogen and oxygen atoms in total. The molecule has 2 rings (SSSR count). The summed E-state index contributed by atoms with van der Waals surface area (Å²) in [6.45, 7) is 2.16. The minimum atomic E-state index is -1.34. The van der Waals surface area contributed by atoms with Gasteiger partial charge in [-0.05, 0) is 28.8 Å². The minimum absolute atomic E-state index is 0.283. The lowest BCUT2D eigenvalue weighted by Gasteiger charge is -2.28. The molecule has 1 heterocycles. The Bertz CT molecular complexity index is 389. The van der Waals surface area contributed by atoms with Gasteiger partial charge in [0, 0.05) is 13.5 Å². The Morgan fingerprint density at radius 3 is 2.93 bits per heavy atom. The fourth-order valence-corrected chi connectivity index (χ4v) is 3.97. The predicted octanol–water partition coefficient (Wildman–Crippen LogP) is 1.48. The van der Waals surface area contributed by atoms with E-state index in [1.54, 1.807) is 7.11 Å². The van der Waals surface area contributed by atoms with E-state index in [1.807, 2.05) is 0 Å². The van der Waals surface area contributed by atoms with E-state index in [2.05, 4.69) is 12.3 Å². The Labute approximate surface area is 96.2 Å². The second-order valence-corrected chi connectivity index (χ2v) is 6.13. The Morgan fingerprint density at radius 2 is 2.33 bits per heavy atom. The summed E-state index contributed by atoms with van der Waals surface area (Å²) in [5.74, 6) is 0.472. The Hall–Kier alpha value is -0.230. The molecule has 0 saturated carbocycles. The Balaban J connectivity index is 2.34. The zero-order valence-electron chi connectivity index (χ0n) is 8.86. The van der Waals surface area contributed by atoms with Crippen molar-refractivity contribution in [2.24, 2.45) is 11.1 Å². The molecule has 0 amide bonds. The van der Waals surface area contributed by atoms with Crippen LogP contribution in [0.5, 0.6) is 0 Å². The molecule has 3 unspecified atom stereocenters. The van der Waals surface area contributed by atoms with Crippen molar-refractivity contribution in [3.63, 3.8) is 0 Å². The van der Waals surface area contributed by atoms with Crippen LogP contribution in [0.1, 0.15) is 18.1 Å². The van der Waals surface area contributed by atoms with E-state index >= 15 is 0 Å². The Morgan fingerprint density at radius 1 is 1.60 bits per heavy atom. The summed E-state index contributed by atoms with van der Waals surface area (Å²) in [4.78, 5) is 0. The van der Waals surface area contributed by atoms with Crippen LogP contribution in [0.3, 0.4) is 0 Å². The number of ether oxygens (including phenoxy) is 1. The first-order valence-corrected chi connectivity index (χ1v) is 7.01. The summed E-state index contributed by atoms with van der Waals surface area (Å²) in [5, 5.41) is 7.51. The van der Waals surface area contributed by atoms with Crippen LogP contribution in [-0.2, 0) is 28.6 Å². The van der Waals surface area contributed by atoms with Crippen LogP contribution in [0.25, 0.3) is 0 Å². The maximum absolute atomic E-state index is 11.3. The van der Waals surface area contributed by atoms with Gasteiger partial charge in [0.25, 0.3) is 0 Å². The molecule has 0 spiro atoms. The topological polar surface area (TPSA) is 52.3 Å². The lowest BCUT2D eigenvalue weighted by atomic mass is 9.85. The SMILES string of the molecule is COC1Cc2csc(S(N)=O)c2CC1C. The first-order chi connectivity index (χ1) is 7.13. The molecule has 0 bridgehead atoms. The lowest BCUT2D eigenvalue weighted by molar-refractivity contribution is 0.0531. The molecular formula is C10H15NO2S2. The number of nitrogens with two attached hydrogens (primary N) is 1. The second kappa shape index (κ2) is 4.33. The lowest BCUT2D eigenvalue weighted by Crippen LogP contribution is -2.29. The van der Waals surface area contributed by atoms with Gasteiger partial charge in [-0.2, -0.15) is 0 Å². The fourth-order valence-electron chi connectivity index (χ4n) is 2.14. The molecule has 0 radical (unpaired) electrons. The molecule has 15 heavy (non-hydrogen) atoms. The van der Waals surface area contributed by atoms with Gasteiger partial charge in [0.2, 0.25) is 0 Å². The minimum Gasteiger partial charge on any atom is -0.381 e. The molecular weight excluding hydrogens is 230 g/mol. The monoisotopic (exact) mass is 245 g/mol. The van der Waals surface area contributed by atoms with Gasteiger partial charge in [-0.3, -0.25) is 0 Å². The summed E-state index contributed by atoms with van der Waals surface area (Å²) >= 11 is 1.51. The van der Waals surface area contributed by atoms with Gasteiger partial charge in [0.15, 0.2) is 0 Å². The standard InChI is InChI=1S/C10H15NO2S2/c1-6-3-8-7(4-9(6)13-2)5-14-10(8)15(11)12/h5-6,9H,3-4,11H2,1-2H3. The predicted molar refractivity (Wildman–Crippen MR) is 62.3 cm³/mol. The summed E-state index contributed by atoms with van der Waals surface area (Å²) in [6.07, 6.45) is 2.13. The molecule has 1 aromatic heterocycles. The molecule has 84 valence electrons. The van der Waals surface area contributed by atoms with Crippen LogP contribution < -0.4 is 5.14 Å². The van der Waals surface area contributed by atoms with E-state index < -0.39 is 11.0 Å². The van der Waals surface area contributed by atoms with Crippen molar-refractivity contribution in [2.75, 3.05) is 7.11 Å². The van der Waals surface area contributed by atoms with E-state index in [-0.39, 0.29) is 6.10 Å². The molecule has 5 heteroatoms. The average Bonchev–Trinajstić information content (AvgIpc) is 2.59. The van der Waals surface area contributed by atoms with Gasteiger partial charge < -0.3 is 4.74 Å². The highest BCUT2D eigenvalue weighted by atomic mass is 32.2. The van der Waals surface area contributed by atoms with E-state index in [4.69, 9.17) is 9.88 Å². The zero-order chi connectivity index (χ0) is 11.0. The smallest absolute Gasteiger partial charge is 0.132 e. The first-order valence-electron chi connectivity index (χ1n) is 4.91. The number of methoxy groups -OCH3 is 1. The van der Waals surface area contributed by atoms with Crippen LogP contribution in [0.15, 0.2) is 9.59 Å². The molecule has 2 N–H and O–H groups in total. The second-order valence-electron chi connectivity index (χ2n) is 3.98. The molecule has 3 atom stereocenters. The van der Waals surface area contributed by atoms with Crippen LogP contribution in [0.4, 0.5) is 0 Å². The summed E-state index contributed by atoms with van der Waals surface area (Å²) < 4.78 is 17.6. The average molecular weight is 245 g/mol. The molecule has 1 aliphatic rings. The van der Waals surface area contributed by atoms with E-state index in [0.717, 1.165) is 17.1 Å². The van der Waals surface area contributed by atoms with Gasteiger partial charge in [-0.1, -0.05) is 6.92 Å². The molecule has 0 saturated heterocycles. The number of thiophene rings is 1. The summed E-state index contributed by atoms with van der Waals surface area (Å²) in [5.41, 5.74) is 2.46. The molecule has 1 aliphatic carbocycles. The fraction of sp³-hybridized carbons (Fsp3) is 0.600. The van der Waals surface area contributed by atoms with Crippen molar-refractivity contribution in [3.8, 4) is 0 Å². The van der Waals surface area contributed by atoms with E-state index in [0.29, 0.717) is 5.92 Å². The maximum Gasteiger partial charge on any atom is 0.132 e. The van der Waals surface area contributed by atoms with Crippen LogP contribution >= 0.6 is 11.3 Å². The summed E-state index contributed by atoms with van der Waals surface area (Å²) in [6, 6.07) is 0. The highest BCUT2D eigenvalue weighted by molar-refractivity contribution is 7.85. The van der Waals surface area contributed by atoms with Gasteiger partial charge in [0.1, 0.15) is 15.2 Å². The van der Waals surface area contributed by atoms with Crippen molar-refractivity contribution >= 4 is 22.3 Å². The molecule has 1 aromatic rings. The van der Waals surface area contributed by atoms with Crippen LogP contribution in [-0.4, -0.2) is 17.4 Å². The normalized spacial score (nSPS) is 27.4. The van der Waals surface area contributed by atoms with Crippen molar-refractivity contribution < 1.29 is 8.95 Å². The van der Waals surface area contributed by atoms with E-state index in [9.17, 15) is 4.21 Å². The molecule has 0 aromatic carbocycles. The highest BCUT2D eigenvalue weighted by Crippen LogP contribution is 2.34. The first kappa shape index (κ1) is 11.3. The number of hydrogen-bond donors (Lipinski definition) is 1. The largest absolute Gasteiger partial charge is 0.381 e. The van der Waals surface area contributed by atoms with Gasteiger partial charge in [0.05, 0.1) is 6.10 Å². The number of hydrogen-bond acceptors (Lipinski definition) is 3. The molecule has 0 aliphatic heterocycles. The van der Waals surface area contributed by atoms with Crippen LogP contribution in [0.2, 0.25) is 0 Å². The van der Waals surface area contributed by atoms with Gasteiger partial charge in [-0.15, -0.1) is 11.3 Å². The van der Waals surface area contributed by atoms with Crippen molar-refractivity contribution in [1.82, 2.24) is 0 Å². The van der Waals surface area contributed by atoms with Crippen LogP contribution in [0, 0.1) is 5.92 Å². The maximum atomic E-state index is 11.3. The quantitative estimate of drug-likeness (QED) is 0.858. The van der Waals surface area contributed by atoms with Gasteiger partial charge in [-0.25, -0.2) is 9.35 Å². The van der Waals surface area contributed by atoms with Crippen molar-refractivity contribution in [1.29, 1.82) is 0 Å². The van der Waals surface area contributed by atoms with E-state index in [1.165, 1.54) is 22.5 Å². The van der Waals surface area contributed by atoms with Gasteiger partial charge >= 0.3 is 0 Å². The molecule has 0 fully saturated rings. The third kappa shape index (κ3) is 2.01. The summed E-state index contributed by atoms with van der Waals surface area (Å²) in [7, 11) is 0.413. The van der Waals surface area contributed by atoms with Crippen molar-refractivity contribution in [3.05, 3.63) is 16.5 Å².